The van der Waals surface area contributed by atoms with Crippen molar-refractivity contribution in [2.45, 2.75) is 13.0 Å². The van der Waals surface area contributed by atoms with E-state index in [0.717, 1.165) is 4.90 Å². The third-order valence-corrected chi connectivity index (χ3v) is 4.67. The van der Waals surface area contributed by atoms with Crippen molar-refractivity contribution in [3.63, 3.8) is 0 Å². The quantitative estimate of drug-likeness (QED) is 0.372. The lowest BCUT2D eigenvalue weighted by Gasteiger charge is -2.12. The Morgan fingerprint density at radius 3 is 2.45 bits per heavy atom. The molecule has 0 unspecified atom stereocenters. The van der Waals surface area contributed by atoms with Gasteiger partial charge in [0, 0.05) is 26.8 Å². The molecule has 0 fully saturated rings. The molecule has 2 aromatic rings. The van der Waals surface area contributed by atoms with Gasteiger partial charge in [0.2, 0.25) is 0 Å². The summed E-state index contributed by atoms with van der Waals surface area (Å²) in [5, 5.41) is 2.56. The summed E-state index contributed by atoms with van der Waals surface area (Å²) in [6.45, 7) is 0.264. The average molecular weight is 428 g/mol. The number of fused-ring (bicyclic) bond motifs is 1. The summed E-state index contributed by atoms with van der Waals surface area (Å²) in [4.78, 5) is 50.2. The number of ether oxygens (including phenoxy) is 2. The van der Waals surface area contributed by atoms with Crippen LogP contribution >= 0.6 is 0 Å². The van der Waals surface area contributed by atoms with Gasteiger partial charge in [0.15, 0.2) is 6.61 Å². The van der Waals surface area contributed by atoms with Crippen molar-refractivity contribution >= 4 is 23.7 Å². The SMILES string of the molecule is COCCCN1C(=O)c2ccc(C(=O)OCC(=O)NCc3ccc(F)cc3)cc2C1=O. The zero-order valence-electron chi connectivity index (χ0n) is 16.9. The zero-order chi connectivity index (χ0) is 22.4. The Bertz CT molecular complexity index is 1010. The molecule has 0 spiro atoms. The third kappa shape index (κ3) is 5.32. The van der Waals surface area contributed by atoms with Crippen LogP contribution in [0.4, 0.5) is 4.39 Å². The molecule has 8 nitrogen and oxygen atoms in total. The molecule has 162 valence electrons. The average Bonchev–Trinajstić information content (AvgIpc) is 3.01. The standard InChI is InChI=1S/C22H21FN2O6/c1-30-10-2-9-25-20(27)17-8-5-15(11-18(17)21(25)28)22(29)31-13-19(26)24-12-14-3-6-16(23)7-4-14/h3-8,11H,2,9-10,12-13H2,1H3,(H,24,26). The van der Waals surface area contributed by atoms with E-state index in [2.05, 4.69) is 5.32 Å². The topological polar surface area (TPSA) is 102 Å². The van der Waals surface area contributed by atoms with Crippen molar-refractivity contribution < 1.29 is 33.0 Å². The molecule has 31 heavy (non-hydrogen) atoms. The Hall–Kier alpha value is -3.59. The van der Waals surface area contributed by atoms with Crippen LogP contribution < -0.4 is 5.32 Å². The fourth-order valence-electron chi connectivity index (χ4n) is 3.06. The summed E-state index contributed by atoms with van der Waals surface area (Å²) < 4.78 is 22.8. The number of methoxy groups -OCH3 is 1. The fourth-order valence-corrected chi connectivity index (χ4v) is 3.06. The number of imide groups is 1. The highest BCUT2D eigenvalue weighted by atomic mass is 19.1. The maximum atomic E-state index is 12.9. The summed E-state index contributed by atoms with van der Waals surface area (Å²) >= 11 is 0. The first-order valence-corrected chi connectivity index (χ1v) is 9.58. The number of hydrogen-bond acceptors (Lipinski definition) is 6. The van der Waals surface area contributed by atoms with Gasteiger partial charge < -0.3 is 14.8 Å². The van der Waals surface area contributed by atoms with Gasteiger partial charge in [-0.15, -0.1) is 0 Å². The molecule has 0 bridgehead atoms. The van der Waals surface area contributed by atoms with Crippen LogP contribution in [0.1, 0.15) is 43.1 Å². The minimum Gasteiger partial charge on any atom is -0.452 e. The van der Waals surface area contributed by atoms with Crippen molar-refractivity contribution in [3.8, 4) is 0 Å². The number of rotatable bonds is 9. The first-order valence-electron chi connectivity index (χ1n) is 9.58. The maximum Gasteiger partial charge on any atom is 0.338 e. The zero-order valence-corrected chi connectivity index (χ0v) is 16.9. The van der Waals surface area contributed by atoms with Gasteiger partial charge in [0.05, 0.1) is 16.7 Å². The molecule has 0 saturated heterocycles. The van der Waals surface area contributed by atoms with Crippen LogP contribution in [0.25, 0.3) is 0 Å². The molecular weight excluding hydrogens is 407 g/mol. The minimum atomic E-state index is -0.794. The highest BCUT2D eigenvalue weighted by Crippen LogP contribution is 2.24. The van der Waals surface area contributed by atoms with Crippen LogP contribution in [-0.4, -0.2) is 55.5 Å². The van der Waals surface area contributed by atoms with Crippen LogP contribution in [0.5, 0.6) is 0 Å². The Morgan fingerprint density at radius 1 is 1.03 bits per heavy atom. The van der Waals surface area contributed by atoms with Crippen LogP contribution in [0.3, 0.4) is 0 Å². The van der Waals surface area contributed by atoms with Gasteiger partial charge in [0.1, 0.15) is 5.82 Å². The van der Waals surface area contributed by atoms with E-state index in [1.807, 2.05) is 0 Å². The predicted molar refractivity (Wildman–Crippen MR) is 107 cm³/mol. The maximum absolute atomic E-state index is 12.9. The van der Waals surface area contributed by atoms with Crippen LogP contribution in [-0.2, 0) is 20.8 Å². The number of nitrogens with zero attached hydrogens (tertiary/aromatic N) is 1. The Balaban J connectivity index is 1.55. The highest BCUT2D eigenvalue weighted by Gasteiger charge is 2.35. The molecule has 1 aliphatic heterocycles. The first kappa shape index (κ1) is 22.1. The number of benzene rings is 2. The van der Waals surface area contributed by atoms with Gasteiger partial charge >= 0.3 is 5.97 Å². The van der Waals surface area contributed by atoms with Crippen LogP contribution in [0, 0.1) is 5.82 Å². The molecular formula is C22H21FN2O6. The largest absolute Gasteiger partial charge is 0.452 e. The van der Waals surface area contributed by atoms with Crippen molar-refractivity contribution in [1.82, 2.24) is 10.2 Å². The van der Waals surface area contributed by atoms with E-state index in [9.17, 15) is 23.6 Å². The van der Waals surface area contributed by atoms with E-state index in [-0.39, 0.29) is 35.6 Å². The first-order chi connectivity index (χ1) is 14.9. The van der Waals surface area contributed by atoms with Crippen LogP contribution in [0.15, 0.2) is 42.5 Å². The normalized spacial score (nSPS) is 12.6. The second-order valence-corrected chi connectivity index (χ2v) is 6.85. The molecule has 0 radical (unpaired) electrons. The van der Waals surface area contributed by atoms with E-state index in [1.165, 1.54) is 49.6 Å². The number of halogens is 1. The molecule has 1 aliphatic rings. The molecule has 1 heterocycles. The number of carbonyl (C=O) groups excluding carboxylic acids is 4. The van der Waals surface area contributed by atoms with E-state index in [4.69, 9.17) is 9.47 Å². The van der Waals surface area contributed by atoms with Crippen molar-refractivity contribution in [2.75, 3.05) is 26.9 Å². The number of esters is 1. The van der Waals surface area contributed by atoms with Gasteiger partial charge in [-0.2, -0.15) is 0 Å². The lowest BCUT2D eigenvalue weighted by Crippen LogP contribution is -2.31. The van der Waals surface area contributed by atoms with Crippen molar-refractivity contribution in [2.24, 2.45) is 0 Å². The molecule has 0 aromatic heterocycles. The molecule has 0 saturated carbocycles. The number of amides is 3. The minimum absolute atomic E-state index is 0.0602. The molecule has 0 atom stereocenters. The number of hydrogen-bond donors (Lipinski definition) is 1. The summed E-state index contributed by atoms with van der Waals surface area (Å²) in [6.07, 6.45) is 0.504. The van der Waals surface area contributed by atoms with E-state index < -0.39 is 30.3 Å². The Kier molecular flexibility index (Phi) is 7.09. The highest BCUT2D eigenvalue weighted by molar-refractivity contribution is 6.22. The number of carbonyl (C=O) groups is 4. The lowest BCUT2D eigenvalue weighted by molar-refractivity contribution is -0.124. The van der Waals surface area contributed by atoms with Gasteiger partial charge in [-0.05, 0) is 42.3 Å². The monoisotopic (exact) mass is 428 g/mol. The third-order valence-electron chi connectivity index (χ3n) is 4.67. The Morgan fingerprint density at radius 2 is 1.74 bits per heavy atom. The summed E-state index contributed by atoms with van der Waals surface area (Å²) in [7, 11) is 1.53. The van der Waals surface area contributed by atoms with E-state index >= 15 is 0 Å². The smallest absolute Gasteiger partial charge is 0.338 e. The molecule has 3 rings (SSSR count). The summed E-state index contributed by atoms with van der Waals surface area (Å²) in [5.41, 5.74) is 1.09. The second-order valence-electron chi connectivity index (χ2n) is 6.85. The molecule has 1 N–H and O–H groups in total. The van der Waals surface area contributed by atoms with E-state index in [0.29, 0.717) is 18.6 Å². The van der Waals surface area contributed by atoms with Gasteiger partial charge in [-0.3, -0.25) is 19.3 Å². The lowest BCUT2D eigenvalue weighted by atomic mass is 10.1. The molecule has 9 heteroatoms. The number of nitrogens with one attached hydrogen (secondary N) is 1. The molecule has 3 amide bonds. The second kappa shape index (κ2) is 9.94. The van der Waals surface area contributed by atoms with Crippen LogP contribution in [0.2, 0.25) is 0 Å². The molecule has 0 aliphatic carbocycles. The van der Waals surface area contributed by atoms with Gasteiger partial charge in [0.25, 0.3) is 17.7 Å². The van der Waals surface area contributed by atoms with Crippen molar-refractivity contribution in [1.29, 1.82) is 0 Å². The predicted octanol–water partition coefficient (Wildman–Crippen LogP) is 1.93. The summed E-state index contributed by atoms with van der Waals surface area (Å²) in [5.74, 6) is -2.61. The molecule has 2 aromatic carbocycles. The Labute approximate surface area is 177 Å². The fraction of sp³-hybridized carbons (Fsp3) is 0.273. The van der Waals surface area contributed by atoms with Crippen molar-refractivity contribution in [3.05, 3.63) is 70.5 Å². The summed E-state index contributed by atoms with van der Waals surface area (Å²) in [6, 6.07) is 9.69. The van der Waals surface area contributed by atoms with E-state index in [1.54, 1.807) is 0 Å². The van der Waals surface area contributed by atoms with Gasteiger partial charge in [-0.1, -0.05) is 12.1 Å². The van der Waals surface area contributed by atoms with Gasteiger partial charge in [-0.25, -0.2) is 9.18 Å².